The lowest BCUT2D eigenvalue weighted by Gasteiger charge is -2.13. The van der Waals surface area contributed by atoms with E-state index in [9.17, 15) is 8.78 Å². The molecule has 1 aliphatic heterocycles. The van der Waals surface area contributed by atoms with E-state index in [1.54, 1.807) is 0 Å². The maximum atomic E-state index is 12.0. The van der Waals surface area contributed by atoms with Crippen LogP contribution in [0.25, 0.3) is 0 Å². The predicted molar refractivity (Wildman–Crippen MR) is 36.3 cm³/mol. The summed E-state index contributed by atoms with van der Waals surface area (Å²) in [5.74, 6) is 0. The standard InChI is InChI=1S/C7H13F2N/c8-7(9)6-4-2-1-3-5-10-6/h6-7,10H,1-5H2. The van der Waals surface area contributed by atoms with Gasteiger partial charge in [0.15, 0.2) is 0 Å². The van der Waals surface area contributed by atoms with E-state index in [-0.39, 0.29) is 0 Å². The van der Waals surface area contributed by atoms with Crippen LogP contribution in [0.5, 0.6) is 0 Å². The molecule has 1 fully saturated rings. The summed E-state index contributed by atoms with van der Waals surface area (Å²) in [6, 6.07) is -0.539. The first-order chi connectivity index (χ1) is 4.80. The lowest BCUT2D eigenvalue weighted by atomic mass is 10.1. The second kappa shape index (κ2) is 3.86. The Morgan fingerprint density at radius 3 is 2.70 bits per heavy atom. The Morgan fingerprint density at radius 2 is 2.00 bits per heavy atom. The smallest absolute Gasteiger partial charge is 0.253 e. The fourth-order valence-electron chi connectivity index (χ4n) is 1.27. The van der Waals surface area contributed by atoms with Gasteiger partial charge >= 0.3 is 0 Å². The van der Waals surface area contributed by atoms with Crippen molar-refractivity contribution in [3.05, 3.63) is 0 Å². The zero-order valence-electron chi connectivity index (χ0n) is 5.95. The average Bonchev–Trinajstić information content (AvgIpc) is 2.12. The summed E-state index contributed by atoms with van der Waals surface area (Å²) < 4.78 is 24.1. The fourth-order valence-corrected chi connectivity index (χ4v) is 1.27. The Labute approximate surface area is 59.8 Å². The summed E-state index contributed by atoms with van der Waals surface area (Å²) in [7, 11) is 0. The predicted octanol–water partition coefficient (Wildman–Crippen LogP) is 1.78. The van der Waals surface area contributed by atoms with Crippen LogP contribution in [0, 0.1) is 0 Å². The summed E-state index contributed by atoms with van der Waals surface area (Å²) >= 11 is 0. The molecule has 0 spiro atoms. The van der Waals surface area contributed by atoms with E-state index in [0.29, 0.717) is 6.42 Å². The number of nitrogens with one attached hydrogen (secondary N) is 1. The number of alkyl halides is 2. The minimum Gasteiger partial charge on any atom is -0.309 e. The van der Waals surface area contributed by atoms with Gasteiger partial charge in [-0.15, -0.1) is 0 Å². The Morgan fingerprint density at radius 1 is 1.20 bits per heavy atom. The lowest BCUT2D eigenvalue weighted by Crippen LogP contribution is -2.34. The van der Waals surface area contributed by atoms with Gasteiger partial charge in [-0.1, -0.05) is 12.8 Å². The summed E-state index contributed by atoms with van der Waals surface area (Å²) in [4.78, 5) is 0. The van der Waals surface area contributed by atoms with E-state index in [1.165, 1.54) is 0 Å². The first-order valence-electron chi connectivity index (χ1n) is 3.82. The van der Waals surface area contributed by atoms with Crippen molar-refractivity contribution in [2.45, 2.75) is 38.2 Å². The molecule has 10 heavy (non-hydrogen) atoms. The number of rotatable bonds is 1. The van der Waals surface area contributed by atoms with Crippen molar-refractivity contribution in [3.63, 3.8) is 0 Å². The van der Waals surface area contributed by atoms with Crippen molar-refractivity contribution < 1.29 is 8.78 Å². The molecule has 0 radical (unpaired) electrons. The van der Waals surface area contributed by atoms with Crippen LogP contribution in [-0.4, -0.2) is 19.0 Å². The van der Waals surface area contributed by atoms with Crippen LogP contribution in [0.2, 0.25) is 0 Å². The molecule has 1 saturated heterocycles. The van der Waals surface area contributed by atoms with Crippen LogP contribution in [-0.2, 0) is 0 Å². The van der Waals surface area contributed by atoms with Crippen molar-refractivity contribution in [1.82, 2.24) is 5.32 Å². The van der Waals surface area contributed by atoms with Gasteiger partial charge < -0.3 is 5.32 Å². The van der Waals surface area contributed by atoms with Gasteiger partial charge in [0.2, 0.25) is 0 Å². The molecule has 1 nitrogen and oxygen atoms in total. The monoisotopic (exact) mass is 149 g/mol. The first kappa shape index (κ1) is 7.92. The van der Waals surface area contributed by atoms with E-state index in [1.807, 2.05) is 0 Å². The minimum atomic E-state index is -2.18. The van der Waals surface area contributed by atoms with Gasteiger partial charge in [-0.25, -0.2) is 8.78 Å². The second-order valence-electron chi connectivity index (χ2n) is 2.74. The minimum absolute atomic E-state index is 0.539. The third-order valence-electron chi connectivity index (χ3n) is 1.90. The highest BCUT2D eigenvalue weighted by Gasteiger charge is 2.20. The van der Waals surface area contributed by atoms with E-state index < -0.39 is 12.5 Å². The normalized spacial score (nSPS) is 28.5. The van der Waals surface area contributed by atoms with Gasteiger partial charge in [0.25, 0.3) is 6.43 Å². The zero-order chi connectivity index (χ0) is 7.40. The van der Waals surface area contributed by atoms with Crippen LogP contribution in [0.1, 0.15) is 25.7 Å². The van der Waals surface area contributed by atoms with Crippen molar-refractivity contribution in [3.8, 4) is 0 Å². The average molecular weight is 149 g/mol. The molecular formula is C7H13F2N. The van der Waals surface area contributed by atoms with Crippen LogP contribution >= 0.6 is 0 Å². The number of hydrogen-bond donors (Lipinski definition) is 1. The molecule has 1 aliphatic rings. The van der Waals surface area contributed by atoms with Crippen molar-refractivity contribution in [2.75, 3.05) is 6.54 Å². The summed E-state index contributed by atoms with van der Waals surface area (Å²) in [6.07, 6.45) is 1.54. The van der Waals surface area contributed by atoms with Crippen LogP contribution in [0.3, 0.4) is 0 Å². The highest BCUT2D eigenvalue weighted by Crippen LogP contribution is 2.13. The molecule has 0 aromatic heterocycles. The van der Waals surface area contributed by atoms with Crippen LogP contribution in [0.15, 0.2) is 0 Å². The number of halogens is 2. The Bertz CT molecular complexity index is 87.6. The third-order valence-corrected chi connectivity index (χ3v) is 1.90. The van der Waals surface area contributed by atoms with Crippen molar-refractivity contribution >= 4 is 0 Å². The Balaban J connectivity index is 2.28. The first-order valence-corrected chi connectivity index (χ1v) is 3.82. The van der Waals surface area contributed by atoms with Gasteiger partial charge in [-0.3, -0.25) is 0 Å². The fraction of sp³-hybridized carbons (Fsp3) is 1.00. The van der Waals surface area contributed by atoms with Gasteiger partial charge in [-0.05, 0) is 19.4 Å². The summed E-state index contributed by atoms with van der Waals surface area (Å²) in [5, 5.41) is 2.83. The molecule has 0 saturated carbocycles. The molecule has 3 heteroatoms. The quantitative estimate of drug-likeness (QED) is 0.599. The SMILES string of the molecule is FC(F)C1CCCCCN1. The topological polar surface area (TPSA) is 12.0 Å². The van der Waals surface area contributed by atoms with Gasteiger partial charge in [0, 0.05) is 0 Å². The van der Waals surface area contributed by atoms with Crippen LogP contribution < -0.4 is 5.32 Å². The summed E-state index contributed by atoms with van der Waals surface area (Å²) in [5.41, 5.74) is 0. The molecule has 1 rings (SSSR count). The summed E-state index contributed by atoms with van der Waals surface area (Å²) in [6.45, 7) is 0.759. The van der Waals surface area contributed by atoms with Gasteiger partial charge in [0.1, 0.15) is 0 Å². The number of hydrogen-bond acceptors (Lipinski definition) is 1. The molecule has 0 amide bonds. The molecule has 0 aromatic carbocycles. The van der Waals surface area contributed by atoms with Crippen molar-refractivity contribution in [2.24, 2.45) is 0 Å². The Hall–Kier alpha value is -0.180. The van der Waals surface area contributed by atoms with E-state index in [2.05, 4.69) is 5.32 Å². The molecule has 1 unspecified atom stereocenters. The van der Waals surface area contributed by atoms with E-state index >= 15 is 0 Å². The Kier molecular flexibility index (Phi) is 3.06. The third kappa shape index (κ3) is 2.21. The molecule has 0 bridgehead atoms. The molecule has 60 valence electrons. The zero-order valence-corrected chi connectivity index (χ0v) is 5.95. The maximum Gasteiger partial charge on any atom is 0.253 e. The van der Waals surface area contributed by atoms with Gasteiger partial charge in [-0.2, -0.15) is 0 Å². The molecular weight excluding hydrogens is 136 g/mol. The highest BCUT2D eigenvalue weighted by atomic mass is 19.3. The molecule has 0 aliphatic carbocycles. The van der Waals surface area contributed by atoms with Crippen LogP contribution in [0.4, 0.5) is 8.78 Å². The molecule has 1 N–H and O–H groups in total. The molecule has 0 aromatic rings. The van der Waals surface area contributed by atoms with E-state index in [4.69, 9.17) is 0 Å². The molecule has 1 atom stereocenters. The molecule has 1 heterocycles. The largest absolute Gasteiger partial charge is 0.309 e. The lowest BCUT2D eigenvalue weighted by molar-refractivity contribution is 0.0965. The maximum absolute atomic E-state index is 12.0. The van der Waals surface area contributed by atoms with Gasteiger partial charge in [0.05, 0.1) is 6.04 Å². The van der Waals surface area contributed by atoms with E-state index in [0.717, 1.165) is 25.8 Å². The highest BCUT2D eigenvalue weighted by molar-refractivity contribution is 4.72. The second-order valence-corrected chi connectivity index (χ2v) is 2.74. The van der Waals surface area contributed by atoms with Crippen molar-refractivity contribution in [1.29, 1.82) is 0 Å².